The predicted molar refractivity (Wildman–Crippen MR) is 121 cm³/mol. The maximum Gasteiger partial charge on any atom is 0.243 e. The highest BCUT2D eigenvalue weighted by Gasteiger charge is 2.29. The summed E-state index contributed by atoms with van der Waals surface area (Å²) in [5.41, 5.74) is 1.88. The number of hydrogen-bond donors (Lipinski definition) is 2. The molecule has 2 N–H and O–H groups in total. The maximum atomic E-state index is 13.2. The molecule has 2 aromatic carbocycles. The van der Waals surface area contributed by atoms with Gasteiger partial charge in [0.05, 0.1) is 10.9 Å². The minimum Gasteiger partial charge on any atom is -0.352 e. The lowest BCUT2D eigenvalue weighted by Crippen LogP contribution is -2.47. The third-order valence-corrected chi connectivity index (χ3v) is 7.37. The number of guanidine groups is 1. The van der Waals surface area contributed by atoms with Gasteiger partial charge in [-0.2, -0.15) is 4.31 Å². The monoisotopic (exact) mass is 429 g/mol. The van der Waals surface area contributed by atoms with Gasteiger partial charge in [-0.15, -0.1) is 0 Å². The van der Waals surface area contributed by atoms with E-state index in [9.17, 15) is 8.42 Å². The van der Waals surface area contributed by atoms with Crippen molar-refractivity contribution in [3.63, 3.8) is 0 Å². The van der Waals surface area contributed by atoms with Gasteiger partial charge in [0.1, 0.15) is 0 Å². The average Bonchev–Trinajstić information content (AvgIpc) is 2.77. The molecule has 0 aliphatic carbocycles. The van der Waals surface area contributed by atoms with Gasteiger partial charge in [-0.3, -0.25) is 4.99 Å². The number of nitrogens with one attached hydrogen (secondary N) is 2. The van der Waals surface area contributed by atoms with Gasteiger partial charge in [0.25, 0.3) is 0 Å². The third kappa shape index (κ3) is 5.38. The summed E-state index contributed by atoms with van der Waals surface area (Å²) in [6.45, 7) is 4.94. The molecule has 2 aromatic rings. The van der Waals surface area contributed by atoms with Crippen molar-refractivity contribution < 1.29 is 8.42 Å². The second kappa shape index (κ2) is 10.1. The number of sulfonamides is 1. The number of nitrogens with zero attached hydrogens (tertiary/aromatic N) is 3. The maximum absolute atomic E-state index is 13.2. The summed E-state index contributed by atoms with van der Waals surface area (Å²) >= 11 is 0. The predicted octanol–water partition coefficient (Wildman–Crippen LogP) is 2.05. The molecule has 1 fully saturated rings. The lowest BCUT2D eigenvalue weighted by Gasteiger charge is -2.32. The highest BCUT2D eigenvalue weighted by atomic mass is 32.2. The van der Waals surface area contributed by atoms with E-state index in [-0.39, 0.29) is 6.04 Å². The van der Waals surface area contributed by atoms with Crippen molar-refractivity contribution in [2.75, 3.05) is 40.3 Å². The quantitative estimate of drug-likeness (QED) is 0.543. The van der Waals surface area contributed by atoms with E-state index in [2.05, 4.69) is 39.6 Å². The van der Waals surface area contributed by atoms with Crippen LogP contribution >= 0.6 is 0 Å². The first-order valence-corrected chi connectivity index (χ1v) is 11.6. The van der Waals surface area contributed by atoms with Gasteiger partial charge in [-0.25, -0.2) is 8.42 Å². The zero-order valence-corrected chi connectivity index (χ0v) is 18.7. The fourth-order valence-electron chi connectivity index (χ4n) is 3.47. The van der Waals surface area contributed by atoms with E-state index in [0.717, 1.165) is 24.2 Å². The Balaban J connectivity index is 1.70. The summed E-state index contributed by atoms with van der Waals surface area (Å²) < 4.78 is 28.0. The van der Waals surface area contributed by atoms with Gasteiger partial charge in [0.2, 0.25) is 10.0 Å². The number of hydrogen-bond acceptors (Lipinski definition) is 4. The molecule has 1 heterocycles. The van der Waals surface area contributed by atoms with Crippen LogP contribution in [0.1, 0.15) is 24.1 Å². The van der Waals surface area contributed by atoms with E-state index in [1.165, 1.54) is 0 Å². The van der Waals surface area contributed by atoms with Gasteiger partial charge in [-0.05, 0) is 31.2 Å². The molecule has 0 saturated carbocycles. The Hall–Kier alpha value is -2.42. The molecule has 8 heteroatoms. The molecule has 30 heavy (non-hydrogen) atoms. The van der Waals surface area contributed by atoms with E-state index in [1.54, 1.807) is 23.5 Å². The molecular formula is C22H31N5O2S. The molecule has 1 saturated heterocycles. The molecule has 1 unspecified atom stereocenters. The lowest BCUT2D eigenvalue weighted by atomic mass is 10.1. The van der Waals surface area contributed by atoms with Crippen molar-refractivity contribution in [2.45, 2.75) is 24.4 Å². The fraction of sp³-hybridized carbons (Fsp3) is 0.409. The summed E-state index contributed by atoms with van der Waals surface area (Å²) in [6.07, 6.45) is 0. The summed E-state index contributed by atoms with van der Waals surface area (Å²) in [7, 11) is 0.189. The highest BCUT2D eigenvalue weighted by Crippen LogP contribution is 2.21. The van der Waals surface area contributed by atoms with Crippen molar-refractivity contribution >= 4 is 16.0 Å². The molecule has 1 aliphatic heterocycles. The van der Waals surface area contributed by atoms with Crippen LogP contribution < -0.4 is 10.6 Å². The normalized spacial score (nSPS) is 17.5. The van der Waals surface area contributed by atoms with Crippen LogP contribution in [0.5, 0.6) is 0 Å². The van der Waals surface area contributed by atoms with Gasteiger partial charge in [-0.1, -0.05) is 48.5 Å². The highest BCUT2D eigenvalue weighted by molar-refractivity contribution is 7.89. The first-order valence-electron chi connectivity index (χ1n) is 10.2. The van der Waals surface area contributed by atoms with Crippen molar-refractivity contribution in [3.8, 4) is 0 Å². The number of aliphatic imine (C=N–C) groups is 1. The van der Waals surface area contributed by atoms with Crippen LogP contribution in [0.4, 0.5) is 0 Å². The van der Waals surface area contributed by atoms with E-state index < -0.39 is 10.0 Å². The standard InChI is InChI=1S/C22H31N5O2S/c1-18(19-9-5-4-6-10-19)25-22(23-2)24-17-20-11-7-8-12-21(20)30(28,29)27-15-13-26(3)14-16-27/h4-12,18H,13-17H2,1-3H3,(H2,23,24,25). The van der Waals surface area contributed by atoms with E-state index in [4.69, 9.17) is 0 Å². The van der Waals surface area contributed by atoms with Gasteiger partial charge in [0, 0.05) is 39.8 Å². The Morgan fingerprint density at radius 2 is 1.67 bits per heavy atom. The second-order valence-electron chi connectivity index (χ2n) is 7.52. The zero-order valence-electron chi connectivity index (χ0n) is 17.9. The minimum atomic E-state index is -3.53. The Morgan fingerprint density at radius 3 is 2.33 bits per heavy atom. The van der Waals surface area contributed by atoms with Crippen LogP contribution in [0.3, 0.4) is 0 Å². The summed E-state index contributed by atoms with van der Waals surface area (Å²) in [4.78, 5) is 6.78. The Labute approximate surface area is 179 Å². The molecular weight excluding hydrogens is 398 g/mol. The van der Waals surface area contributed by atoms with Gasteiger partial charge >= 0.3 is 0 Å². The van der Waals surface area contributed by atoms with Crippen molar-refractivity contribution in [1.82, 2.24) is 19.8 Å². The molecule has 162 valence electrons. The molecule has 1 aliphatic rings. The van der Waals surface area contributed by atoms with Crippen LogP contribution in [-0.2, 0) is 16.6 Å². The van der Waals surface area contributed by atoms with Crippen LogP contribution in [0, 0.1) is 0 Å². The number of rotatable bonds is 6. The van der Waals surface area contributed by atoms with E-state index in [0.29, 0.717) is 30.5 Å². The first kappa shape index (κ1) is 22.3. The summed E-state index contributed by atoms with van der Waals surface area (Å²) in [6, 6.07) is 17.4. The molecule has 0 bridgehead atoms. The van der Waals surface area contributed by atoms with Crippen molar-refractivity contribution in [2.24, 2.45) is 4.99 Å². The molecule has 0 spiro atoms. The second-order valence-corrected chi connectivity index (χ2v) is 9.42. The minimum absolute atomic E-state index is 0.0710. The Morgan fingerprint density at radius 1 is 1.03 bits per heavy atom. The topological polar surface area (TPSA) is 77.0 Å². The lowest BCUT2D eigenvalue weighted by molar-refractivity contribution is 0.222. The number of benzene rings is 2. The van der Waals surface area contributed by atoms with Crippen LogP contribution in [0.2, 0.25) is 0 Å². The zero-order chi connectivity index (χ0) is 21.6. The third-order valence-electron chi connectivity index (χ3n) is 5.38. The number of likely N-dealkylation sites (N-methyl/N-ethyl adjacent to an activating group) is 1. The average molecular weight is 430 g/mol. The van der Waals surface area contributed by atoms with Crippen LogP contribution in [0.15, 0.2) is 64.5 Å². The van der Waals surface area contributed by atoms with Gasteiger partial charge in [0.15, 0.2) is 5.96 Å². The molecule has 1 atom stereocenters. The van der Waals surface area contributed by atoms with Crippen molar-refractivity contribution in [3.05, 3.63) is 65.7 Å². The first-order chi connectivity index (χ1) is 14.4. The SMILES string of the molecule is CN=C(NCc1ccccc1S(=O)(=O)N1CCN(C)CC1)NC(C)c1ccccc1. The largest absolute Gasteiger partial charge is 0.352 e. The molecule has 3 rings (SSSR count). The molecule has 0 aromatic heterocycles. The van der Waals surface area contributed by atoms with Crippen LogP contribution in [0.25, 0.3) is 0 Å². The Kier molecular flexibility index (Phi) is 7.47. The van der Waals surface area contributed by atoms with Crippen molar-refractivity contribution in [1.29, 1.82) is 0 Å². The fourth-order valence-corrected chi connectivity index (χ4v) is 5.12. The summed E-state index contributed by atoms with van der Waals surface area (Å²) in [5.74, 6) is 0.623. The smallest absolute Gasteiger partial charge is 0.243 e. The van der Waals surface area contributed by atoms with Gasteiger partial charge < -0.3 is 15.5 Å². The summed E-state index contributed by atoms with van der Waals surface area (Å²) in [5, 5.41) is 6.61. The molecule has 0 amide bonds. The van der Waals surface area contributed by atoms with Crippen LogP contribution in [-0.4, -0.2) is 63.9 Å². The van der Waals surface area contributed by atoms with E-state index in [1.807, 2.05) is 37.4 Å². The molecule has 7 nitrogen and oxygen atoms in total. The van der Waals surface area contributed by atoms with E-state index >= 15 is 0 Å². The Bertz CT molecular complexity index is 955. The number of piperazine rings is 1. The molecule has 0 radical (unpaired) electrons.